The fraction of sp³-hybridized carbons (Fsp3) is 0.500. The fourth-order valence-electron chi connectivity index (χ4n) is 2.38. The Morgan fingerprint density at radius 3 is 2.68 bits per heavy atom. The minimum absolute atomic E-state index is 0.183. The molecular formula is C16H23NOS. The summed E-state index contributed by atoms with van der Waals surface area (Å²) in [5, 5.41) is 0. The zero-order valence-electron chi connectivity index (χ0n) is 11.9. The lowest BCUT2D eigenvalue weighted by Crippen LogP contribution is -2.38. The Labute approximate surface area is 118 Å². The van der Waals surface area contributed by atoms with E-state index < -0.39 is 0 Å². The standard InChI is InChI=1S/C16H23NOS/c1-13(2)11-14-5-4-6-15(12-14)16(18)17-7-9-19(3)10-8-17/h4-6,12-13H,3,7-11H2,1-2H3. The van der Waals surface area contributed by atoms with Gasteiger partial charge in [0.25, 0.3) is 5.91 Å². The smallest absolute Gasteiger partial charge is 0.253 e. The summed E-state index contributed by atoms with van der Waals surface area (Å²) >= 11 is 0. The lowest BCUT2D eigenvalue weighted by molar-refractivity contribution is 0.0772. The molecule has 1 fully saturated rings. The van der Waals surface area contributed by atoms with E-state index >= 15 is 0 Å². The number of rotatable bonds is 3. The average molecular weight is 277 g/mol. The van der Waals surface area contributed by atoms with Crippen LogP contribution in [0.15, 0.2) is 24.3 Å². The Hall–Kier alpha value is -1.09. The molecule has 0 unspecified atom stereocenters. The number of carbonyl (C=O) groups is 1. The Balaban J connectivity index is 2.08. The molecule has 0 bridgehead atoms. The Morgan fingerprint density at radius 2 is 2.05 bits per heavy atom. The molecule has 2 nitrogen and oxygen atoms in total. The Kier molecular flexibility index (Phi) is 4.81. The van der Waals surface area contributed by atoms with Crippen molar-refractivity contribution in [3.05, 3.63) is 35.4 Å². The summed E-state index contributed by atoms with van der Waals surface area (Å²) in [6, 6.07) is 8.10. The molecule has 104 valence electrons. The molecule has 0 atom stereocenters. The van der Waals surface area contributed by atoms with Crippen LogP contribution in [0.25, 0.3) is 0 Å². The quantitative estimate of drug-likeness (QED) is 0.778. The van der Waals surface area contributed by atoms with E-state index in [-0.39, 0.29) is 16.4 Å². The summed E-state index contributed by atoms with van der Waals surface area (Å²) in [6.45, 7) is 6.13. The predicted molar refractivity (Wildman–Crippen MR) is 85.3 cm³/mol. The number of hydrogen-bond donors (Lipinski definition) is 0. The molecule has 19 heavy (non-hydrogen) atoms. The highest BCUT2D eigenvalue weighted by atomic mass is 32.2. The summed E-state index contributed by atoms with van der Waals surface area (Å²) in [5.74, 6) is 7.01. The van der Waals surface area contributed by atoms with Gasteiger partial charge in [0.1, 0.15) is 0 Å². The molecule has 1 heterocycles. The molecule has 0 saturated carbocycles. The molecule has 2 rings (SSSR count). The second-order valence-electron chi connectivity index (χ2n) is 5.61. The van der Waals surface area contributed by atoms with E-state index in [4.69, 9.17) is 0 Å². The fourth-order valence-corrected chi connectivity index (χ4v) is 3.54. The van der Waals surface area contributed by atoms with E-state index in [0.717, 1.165) is 36.6 Å². The lowest BCUT2D eigenvalue weighted by Gasteiger charge is -2.28. The molecule has 1 aliphatic rings. The molecule has 1 aliphatic heterocycles. The molecule has 1 amide bonds. The predicted octanol–water partition coefficient (Wildman–Crippen LogP) is 3.04. The topological polar surface area (TPSA) is 20.3 Å². The van der Waals surface area contributed by atoms with E-state index in [1.807, 2.05) is 17.0 Å². The van der Waals surface area contributed by atoms with Gasteiger partial charge in [-0.2, -0.15) is 10.5 Å². The van der Waals surface area contributed by atoms with Gasteiger partial charge in [0.2, 0.25) is 0 Å². The number of hydrogen-bond acceptors (Lipinski definition) is 1. The van der Waals surface area contributed by atoms with Gasteiger partial charge < -0.3 is 4.90 Å². The maximum atomic E-state index is 12.5. The molecule has 0 radical (unpaired) electrons. The van der Waals surface area contributed by atoms with Crippen molar-refractivity contribution in [2.75, 3.05) is 24.6 Å². The van der Waals surface area contributed by atoms with E-state index in [0.29, 0.717) is 5.92 Å². The summed E-state index contributed by atoms with van der Waals surface area (Å²) < 4.78 is 0. The zero-order valence-corrected chi connectivity index (χ0v) is 12.7. The van der Waals surface area contributed by atoms with Gasteiger partial charge in [0.15, 0.2) is 0 Å². The third kappa shape index (κ3) is 3.93. The van der Waals surface area contributed by atoms with Crippen molar-refractivity contribution < 1.29 is 4.79 Å². The molecule has 1 aromatic carbocycles. The van der Waals surface area contributed by atoms with Gasteiger partial charge in [-0.05, 0) is 30.0 Å². The third-order valence-corrected chi connectivity index (χ3v) is 4.92. The number of carbonyl (C=O) groups excluding carboxylic acids is 1. The van der Waals surface area contributed by atoms with Crippen LogP contribution in [0.2, 0.25) is 0 Å². The normalized spacial score (nSPS) is 16.9. The first kappa shape index (κ1) is 14.3. The average Bonchev–Trinajstić information content (AvgIpc) is 2.38. The van der Waals surface area contributed by atoms with Crippen LogP contribution in [0.3, 0.4) is 0 Å². The number of nitrogens with zero attached hydrogens (tertiary/aromatic N) is 1. The van der Waals surface area contributed by atoms with Crippen LogP contribution >= 0.6 is 10.5 Å². The Bertz CT molecular complexity index is 471. The van der Waals surface area contributed by atoms with E-state index in [2.05, 4.69) is 31.9 Å². The van der Waals surface area contributed by atoms with Crippen LogP contribution in [0.4, 0.5) is 0 Å². The van der Waals surface area contributed by atoms with Crippen LogP contribution < -0.4 is 0 Å². The monoisotopic (exact) mass is 277 g/mol. The molecule has 0 spiro atoms. The minimum Gasteiger partial charge on any atom is -0.337 e. The molecule has 0 aromatic heterocycles. The maximum Gasteiger partial charge on any atom is 0.253 e. The highest BCUT2D eigenvalue weighted by Crippen LogP contribution is 2.18. The molecule has 1 saturated heterocycles. The van der Waals surface area contributed by atoms with Crippen molar-refractivity contribution in [1.82, 2.24) is 4.90 Å². The molecule has 1 aromatic rings. The molecular weight excluding hydrogens is 254 g/mol. The highest BCUT2D eigenvalue weighted by molar-refractivity contribution is 8.14. The molecule has 0 aliphatic carbocycles. The lowest BCUT2D eigenvalue weighted by atomic mass is 10.0. The van der Waals surface area contributed by atoms with Crippen molar-refractivity contribution in [3.8, 4) is 0 Å². The molecule has 3 heteroatoms. The summed E-state index contributed by atoms with van der Waals surface area (Å²) in [5.41, 5.74) is 2.10. The highest BCUT2D eigenvalue weighted by Gasteiger charge is 2.19. The van der Waals surface area contributed by atoms with Gasteiger partial charge in [-0.1, -0.05) is 31.9 Å². The van der Waals surface area contributed by atoms with Gasteiger partial charge in [0, 0.05) is 30.2 Å². The van der Waals surface area contributed by atoms with Gasteiger partial charge in [0.05, 0.1) is 0 Å². The van der Waals surface area contributed by atoms with Crippen molar-refractivity contribution in [1.29, 1.82) is 0 Å². The van der Waals surface area contributed by atoms with Crippen molar-refractivity contribution >= 4 is 22.3 Å². The minimum atomic E-state index is 0.183. The van der Waals surface area contributed by atoms with Crippen molar-refractivity contribution in [3.63, 3.8) is 0 Å². The summed E-state index contributed by atoms with van der Waals surface area (Å²) in [6.07, 6.45) is 1.03. The van der Waals surface area contributed by atoms with Crippen LogP contribution in [-0.2, 0) is 6.42 Å². The summed E-state index contributed by atoms with van der Waals surface area (Å²) in [4.78, 5) is 14.4. The van der Waals surface area contributed by atoms with Gasteiger partial charge >= 0.3 is 0 Å². The second-order valence-corrected chi connectivity index (χ2v) is 7.65. The van der Waals surface area contributed by atoms with Crippen molar-refractivity contribution in [2.45, 2.75) is 20.3 Å². The first-order valence-electron chi connectivity index (χ1n) is 6.91. The van der Waals surface area contributed by atoms with Crippen LogP contribution in [0.1, 0.15) is 29.8 Å². The van der Waals surface area contributed by atoms with E-state index in [1.165, 1.54) is 5.56 Å². The number of benzene rings is 1. The van der Waals surface area contributed by atoms with E-state index in [1.54, 1.807) is 0 Å². The van der Waals surface area contributed by atoms with Crippen LogP contribution in [0, 0.1) is 5.92 Å². The number of amides is 1. The van der Waals surface area contributed by atoms with Crippen LogP contribution in [0.5, 0.6) is 0 Å². The third-order valence-electron chi connectivity index (χ3n) is 3.40. The largest absolute Gasteiger partial charge is 0.337 e. The van der Waals surface area contributed by atoms with E-state index in [9.17, 15) is 4.79 Å². The Morgan fingerprint density at radius 1 is 1.37 bits per heavy atom. The van der Waals surface area contributed by atoms with Gasteiger partial charge in [-0.15, -0.1) is 0 Å². The maximum absolute atomic E-state index is 12.5. The molecule has 0 N–H and O–H groups in total. The first-order chi connectivity index (χ1) is 9.06. The zero-order chi connectivity index (χ0) is 13.8. The van der Waals surface area contributed by atoms with Gasteiger partial charge in [-0.3, -0.25) is 4.79 Å². The SMILES string of the molecule is C=S1CCN(C(=O)c2cccc(CC(C)C)c2)CC1. The second kappa shape index (κ2) is 6.38. The van der Waals surface area contributed by atoms with Crippen LogP contribution in [-0.4, -0.2) is 41.3 Å². The summed E-state index contributed by atoms with van der Waals surface area (Å²) in [7, 11) is 0.260. The first-order valence-corrected chi connectivity index (χ1v) is 8.65. The van der Waals surface area contributed by atoms with Crippen molar-refractivity contribution in [2.24, 2.45) is 5.92 Å². The van der Waals surface area contributed by atoms with Gasteiger partial charge in [-0.25, -0.2) is 0 Å².